The van der Waals surface area contributed by atoms with Crippen LogP contribution in [0.1, 0.15) is 0 Å². The Labute approximate surface area is 71.5 Å². The van der Waals surface area contributed by atoms with Gasteiger partial charge in [-0.3, -0.25) is 4.79 Å². The first kappa shape index (κ1) is 12.1. The molecular weight excluding hydrogens is 133 g/mol. The zero-order valence-corrected chi connectivity index (χ0v) is 7.50. The fraction of sp³-hybridized carbons (Fsp3) is 0.750. The van der Waals surface area contributed by atoms with Crippen LogP contribution in [-0.4, -0.2) is 57.3 Å². The molecule has 0 spiro atoms. The predicted octanol–water partition coefficient (Wildman–Crippen LogP) is -1.40. The van der Waals surface area contributed by atoms with Crippen LogP contribution in [0.25, 0.3) is 0 Å². The molecule has 0 heterocycles. The van der Waals surface area contributed by atoms with Crippen LogP contribution in [0.3, 0.4) is 0 Å². The molecule has 5 heteroatoms. The molecule has 50 valence electrons. The Bertz CT molecular complexity index is 66.8. The molecule has 0 saturated carbocycles. The average molecular weight is 143 g/mol. The Morgan fingerprint density at radius 2 is 1.89 bits per heavy atom. The maximum atomic E-state index is 9.24. The van der Waals surface area contributed by atoms with E-state index in [0.717, 1.165) is 31.6 Å². The molecule has 0 aromatic rings. The van der Waals surface area contributed by atoms with Crippen molar-refractivity contribution in [1.82, 2.24) is 0 Å². The monoisotopic (exact) mass is 143 g/mol. The number of aliphatic hydroxyl groups excluding tert-OH is 1. The van der Waals surface area contributed by atoms with Gasteiger partial charge in [0.1, 0.15) is 0 Å². The number of aliphatic hydroxyl groups is 1. The SMILES string of the molecule is NCC(=O)O.OC[CH2][Na]. The zero-order chi connectivity index (χ0) is 7.70. The van der Waals surface area contributed by atoms with Crippen molar-refractivity contribution < 1.29 is 15.0 Å². The summed E-state index contributed by atoms with van der Waals surface area (Å²) in [4.78, 5) is 9.24. The van der Waals surface area contributed by atoms with Gasteiger partial charge in [0.15, 0.2) is 0 Å². The normalized spacial score (nSPS) is 7.56. The van der Waals surface area contributed by atoms with Gasteiger partial charge in [-0.25, -0.2) is 0 Å². The molecular formula is C4H10NNaO3. The van der Waals surface area contributed by atoms with Crippen molar-refractivity contribution >= 4 is 33.9 Å². The van der Waals surface area contributed by atoms with Gasteiger partial charge in [0.2, 0.25) is 0 Å². The second kappa shape index (κ2) is 11.2. The van der Waals surface area contributed by atoms with E-state index in [4.69, 9.17) is 10.2 Å². The molecule has 0 aliphatic heterocycles. The number of rotatable bonds is 2. The Kier molecular flexibility index (Phi) is 15.1. The van der Waals surface area contributed by atoms with E-state index in [2.05, 4.69) is 5.73 Å². The number of aliphatic carboxylic acids is 1. The van der Waals surface area contributed by atoms with Crippen molar-refractivity contribution in [3.63, 3.8) is 0 Å². The number of carbonyl (C=O) groups is 1. The number of hydrogen-bond acceptors (Lipinski definition) is 3. The standard InChI is InChI=1S/C2H5NO2.C2H5O.Na/c3-1-2(4)5;1-2-3;/h1,3H2,(H,4,5);3H,1-2H2;. The molecule has 0 aliphatic carbocycles. The number of carboxylic acids is 1. The van der Waals surface area contributed by atoms with E-state index < -0.39 is 5.97 Å². The van der Waals surface area contributed by atoms with E-state index >= 15 is 0 Å². The summed E-state index contributed by atoms with van der Waals surface area (Å²) in [5, 5.41) is 15.5. The van der Waals surface area contributed by atoms with Crippen LogP contribution in [0, 0.1) is 0 Å². The van der Waals surface area contributed by atoms with Crippen LogP contribution in [0.15, 0.2) is 0 Å². The van der Waals surface area contributed by atoms with Gasteiger partial charge in [-0.2, -0.15) is 0 Å². The fourth-order valence-corrected chi connectivity index (χ4v) is 0. The van der Waals surface area contributed by atoms with Crippen LogP contribution in [0.4, 0.5) is 0 Å². The molecule has 0 fully saturated rings. The van der Waals surface area contributed by atoms with Gasteiger partial charge < -0.3 is 10.8 Å². The van der Waals surface area contributed by atoms with Crippen LogP contribution in [0.2, 0.25) is 3.67 Å². The molecule has 0 rings (SSSR count). The van der Waals surface area contributed by atoms with E-state index in [1.54, 1.807) is 0 Å². The Balaban J connectivity index is 0. The first-order valence-electron chi connectivity index (χ1n) is 2.71. The summed E-state index contributed by atoms with van der Waals surface area (Å²) in [5.74, 6) is -0.968. The van der Waals surface area contributed by atoms with Gasteiger partial charge >= 0.3 is 49.3 Å². The van der Waals surface area contributed by atoms with Crippen LogP contribution in [-0.2, 0) is 4.79 Å². The molecule has 0 aliphatic rings. The number of hydrogen-bond donors (Lipinski definition) is 3. The summed E-state index contributed by atoms with van der Waals surface area (Å²) in [6.07, 6.45) is 0. The molecule has 4 N–H and O–H groups in total. The van der Waals surface area contributed by atoms with Gasteiger partial charge in [0.25, 0.3) is 0 Å². The molecule has 0 radical (unpaired) electrons. The first-order chi connectivity index (χ1) is 4.18. The molecule has 0 amide bonds. The van der Waals surface area contributed by atoms with Gasteiger partial charge in [-0.15, -0.1) is 0 Å². The summed E-state index contributed by atoms with van der Waals surface area (Å²) in [7, 11) is 0. The minimum absolute atomic E-state index is 0.278. The van der Waals surface area contributed by atoms with Crippen molar-refractivity contribution in [2.24, 2.45) is 5.73 Å². The van der Waals surface area contributed by atoms with Gasteiger partial charge in [0.05, 0.1) is 6.54 Å². The second-order valence-electron chi connectivity index (χ2n) is 1.32. The third-order valence-electron chi connectivity index (χ3n) is 0.398. The first-order valence-corrected chi connectivity index (χ1v) is 4.13. The molecule has 0 aromatic carbocycles. The molecule has 9 heavy (non-hydrogen) atoms. The van der Waals surface area contributed by atoms with E-state index in [0.29, 0.717) is 6.61 Å². The topological polar surface area (TPSA) is 83.6 Å². The summed E-state index contributed by atoms with van der Waals surface area (Å²) in [6, 6.07) is 0. The van der Waals surface area contributed by atoms with Crippen molar-refractivity contribution in [3.05, 3.63) is 0 Å². The van der Waals surface area contributed by atoms with E-state index in [1.807, 2.05) is 0 Å². The third kappa shape index (κ3) is 29.8. The summed E-state index contributed by atoms with van der Waals surface area (Å²) >= 11 is 1.14. The van der Waals surface area contributed by atoms with Crippen LogP contribution >= 0.6 is 0 Å². The Morgan fingerprint density at radius 1 is 1.67 bits per heavy atom. The summed E-state index contributed by atoms with van der Waals surface area (Å²) in [5.41, 5.74) is 4.57. The van der Waals surface area contributed by atoms with Crippen molar-refractivity contribution in [2.75, 3.05) is 13.2 Å². The fourth-order valence-electron chi connectivity index (χ4n) is 0. The zero-order valence-electron chi connectivity index (χ0n) is 5.50. The molecule has 0 aromatic heterocycles. The number of nitrogens with two attached hydrogens (primary N) is 1. The summed E-state index contributed by atoms with van der Waals surface area (Å²) < 4.78 is 1.01. The molecule has 0 atom stereocenters. The van der Waals surface area contributed by atoms with E-state index in [9.17, 15) is 4.79 Å². The summed E-state index contributed by atoms with van der Waals surface area (Å²) in [6.45, 7) is 0.103. The van der Waals surface area contributed by atoms with Gasteiger partial charge in [-0.05, 0) is 0 Å². The minimum atomic E-state index is -0.968. The van der Waals surface area contributed by atoms with Crippen LogP contribution in [0.5, 0.6) is 0 Å². The number of carboxylic acid groups (broad SMARTS) is 1. The quantitative estimate of drug-likeness (QED) is 0.415. The molecule has 0 unspecified atom stereocenters. The van der Waals surface area contributed by atoms with Crippen molar-refractivity contribution in [3.8, 4) is 0 Å². The predicted molar refractivity (Wildman–Crippen MR) is 34.3 cm³/mol. The second-order valence-corrected chi connectivity index (χ2v) is 2.32. The maximum absolute atomic E-state index is 9.24. The Morgan fingerprint density at radius 3 is 1.89 bits per heavy atom. The van der Waals surface area contributed by atoms with E-state index in [-0.39, 0.29) is 6.54 Å². The average Bonchev–Trinajstić information content (AvgIpc) is 1.89. The van der Waals surface area contributed by atoms with Gasteiger partial charge in [-0.1, -0.05) is 0 Å². The molecule has 4 nitrogen and oxygen atoms in total. The van der Waals surface area contributed by atoms with Crippen LogP contribution < -0.4 is 5.73 Å². The van der Waals surface area contributed by atoms with E-state index in [1.165, 1.54) is 0 Å². The Hall–Kier alpha value is 0.390. The molecule has 0 bridgehead atoms. The van der Waals surface area contributed by atoms with Crippen molar-refractivity contribution in [2.45, 2.75) is 3.67 Å². The van der Waals surface area contributed by atoms with Crippen molar-refractivity contribution in [1.29, 1.82) is 0 Å². The third-order valence-corrected chi connectivity index (χ3v) is 0.845. The molecule has 0 saturated heterocycles. The van der Waals surface area contributed by atoms with Gasteiger partial charge in [0, 0.05) is 0 Å².